The fourth-order valence-corrected chi connectivity index (χ4v) is 3.19. The van der Waals surface area contributed by atoms with Crippen molar-refractivity contribution in [3.05, 3.63) is 69.4 Å². The Bertz CT molecular complexity index is 621. The summed E-state index contributed by atoms with van der Waals surface area (Å²) >= 11 is 7.55. The third kappa shape index (κ3) is 4.70. The van der Waals surface area contributed by atoms with Crippen LogP contribution in [0.4, 0.5) is 0 Å². The zero-order chi connectivity index (χ0) is 15.2. The number of carbonyl (C=O) groups is 1. The van der Waals surface area contributed by atoms with Crippen molar-refractivity contribution < 1.29 is 4.79 Å². The fourth-order valence-electron chi connectivity index (χ4n) is 2.06. The SMILES string of the molecule is C=CCN(Cc1ccc(C(N)=O)cc1)Cc1ccc(Cl)s1. The summed E-state index contributed by atoms with van der Waals surface area (Å²) in [4.78, 5) is 14.5. The van der Waals surface area contributed by atoms with Gasteiger partial charge in [0.15, 0.2) is 0 Å². The van der Waals surface area contributed by atoms with E-state index in [2.05, 4.69) is 11.5 Å². The molecule has 21 heavy (non-hydrogen) atoms. The number of hydrogen-bond donors (Lipinski definition) is 1. The molecule has 1 aromatic carbocycles. The fraction of sp³-hybridized carbons (Fsp3) is 0.188. The lowest BCUT2D eigenvalue weighted by atomic mass is 10.1. The van der Waals surface area contributed by atoms with E-state index in [1.54, 1.807) is 23.5 Å². The van der Waals surface area contributed by atoms with Crippen molar-refractivity contribution in [3.8, 4) is 0 Å². The molecule has 0 aliphatic carbocycles. The van der Waals surface area contributed by atoms with Crippen LogP contribution in [0.25, 0.3) is 0 Å². The Kier molecular flexibility index (Phi) is 5.56. The van der Waals surface area contributed by atoms with Crippen LogP contribution in [-0.2, 0) is 13.1 Å². The second-order valence-electron chi connectivity index (χ2n) is 4.73. The third-order valence-corrected chi connectivity index (χ3v) is 4.26. The van der Waals surface area contributed by atoms with Crippen LogP contribution in [0.15, 0.2) is 49.1 Å². The van der Waals surface area contributed by atoms with Gasteiger partial charge in [-0.1, -0.05) is 29.8 Å². The van der Waals surface area contributed by atoms with Crippen LogP contribution in [0.3, 0.4) is 0 Å². The van der Waals surface area contributed by atoms with E-state index in [-0.39, 0.29) is 0 Å². The lowest BCUT2D eigenvalue weighted by Crippen LogP contribution is -2.22. The van der Waals surface area contributed by atoms with Crippen LogP contribution in [0.2, 0.25) is 4.34 Å². The number of thiophene rings is 1. The van der Waals surface area contributed by atoms with Crippen molar-refractivity contribution in [2.45, 2.75) is 13.1 Å². The summed E-state index contributed by atoms with van der Waals surface area (Å²) in [7, 11) is 0. The van der Waals surface area contributed by atoms with Crippen molar-refractivity contribution in [2.75, 3.05) is 6.54 Å². The molecule has 0 aliphatic rings. The quantitative estimate of drug-likeness (QED) is 0.791. The smallest absolute Gasteiger partial charge is 0.248 e. The van der Waals surface area contributed by atoms with E-state index in [1.165, 1.54) is 4.88 Å². The van der Waals surface area contributed by atoms with Crippen LogP contribution >= 0.6 is 22.9 Å². The first-order valence-electron chi connectivity index (χ1n) is 6.54. The molecule has 0 aliphatic heterocycles. The second-order valence-corrected chi connectivity index (χ2v) is 6.52. The lowest BCUT2D eigenvalue weighted by Gasteiger charge is -2.20. The molecule has 2 aromatic rings. The summed E-state index contributed by atoms with van der Waals surface area (Å²) in [6, 6.07) is 11.3. The Balaban J connectivity index is 2.04. The molecule has 0 atom stereocenters. The highest BCUT2D eigenvalue weighted by Crippen LogP contribution is 2.23. The van der Waals surface area contributed by atoms with E-state index in [0.29, 0.717) is 5.56 Å². The number of primary amides is 1. The van der Waals surface area contributed by atoms with Gasteiger partial charge in [0.1, 0.15) is 0 Å². The zero-order valence-electron chi connectivity index (χ0n) is 11.6. The Morgan fingerprint density at radius 2 is 1.95 bits per heavy atom. The molecule has 1 aromatic heterocycles. The molecule has 1 heterocycles. The van der Waals surface area contributed by atoms with E-state index in [4.69, 9.17) is 17.3 Å². The first-order chi connectivity index (χ1) is 10.1. The van der Waals surface area contributed by atoms with Gasteiger partial charge in [-0.25, -0.2) is 0 Å². The molecule has 0 fully saturated rings. The van der Waals surface area contributed by atoms with Crippen LogP contribution in [0.5, 0.6) is 0 Å². The highest BCUT2D eigenvalue weighted by Gasteiger charge is 2.08. The van der Waals surface area contributed by atoms with Gasteiger partial charge in [0.2, 0.25) is 5.91 Å². The molecule has 5 heteroatoms. The number of hydrogen-bond acceptors (Lipinski definition) is 3. The number of amides is 1. The molecule has 0 saturated heterocycles. The topological polar surface area (TPSA) is 46.3 Å². The maximum atomic E-state index is 11.1. The van der Waals surface area contributed by atoms with E-state index in [1.807, 2.05) is 30.3 Å². The lowest BCUT2D eigenvalue weighted by molar-refractivity contribution is 0.100. The number of rotatable bonds is 7. The monoisotopic (exact) mass is 320 g/mol. The minimum Gasteiger partial charge on any atom is -0.366 e. The van der Waals surface area contributed by atoms with E-state index in [0.717, 1.165) is 29.5 Å². The first-order valence-corrected chi connectivity index (χ1v) is 7.74. The summed E-state index contributed by atoms with van der Waals surface area (Å²) < 4.78 is 0.800. The number of carbonyl (C=O) groups excluding carboxylic acids is 1. The Labute approximate surface area is 133 Å². The van der Waals surface area contributed by atoms with Crippen molar-refractivity contribution >= 4 is 28.8 Å². The minimum atomic E-state index is -0.405. The maximum Gasteiger partial charge on any atom is 0.248 e. The summed E-state index contributed by atoms with van der Waals surface area (Å²) in [5.74, 6) is -0.405. The molecule has 0 unspecified atom stereocenters. The molecule has 2 N–H and O–H groups in total. The van der Waals surface area contributed by atoms with Gasteiger partial charge in [0, 0.05) is 30.1 Å². The van der Waals surface area contributed by atoms with Crippen molar-refractivity contribution in [3.63, 3.8) is 0 Å². The molecular weight excluding hydrogens is 304 g/mol. The zero-order valence-corrected chi connectivity index (χ0v) is 13.2. The molecular formula is C16H17ClN2OS. The van der Waals surface area contributed by atoms with Gasteiger partial charge in [-0.15, -0.1) is 17.9 Å². The average Bonchev–Trinajstić information content (AvgIpc) is 2.85. The summed E-state index contributed by atoms with van der Waals surface area (Å²) in [6.07, 6.45) is 1.88. The molecule has 0 bridgehead atoms. The van der Waals surface area contributed by atoms with Crippen LogP contribution in [0, 0.1) is 0 Å². The van der Waals surface area contributed by atoms with E-state index in [9.17, 15) is 4.79 Å². The predicted octanol–water partition coefficient (Wildman–Crippen LogP) is 3.69. The standard InChI is InChI=1S/C16H17ClN2OS/c1-2-9-19(11-14-7-8-15(17)21-14)10-12-3-5-13(6-4-12)16(18)20/h2-8H,1,9-11H2,(H2,18,20). The van der Waals surface area contributed by atoms with Crippen LogP contribution < -0.4 is 5.73 Å². The highest BCUT2D eigenvalue weighted by atomic mass is 35.5. The first kappa shape index (κ1) is 15.8. The van der Waals surface area contributed by atoms with E-state index < -0.39 is 5.91 Å². The molecule has 0 saturated carbocycles. The van der Waals surface area contributed by atoms with Gasteiger partial charge in [-0.05, 0) is 29.8 Å². The number of nitrogens with two attached hydrogens (primary N) is 1. The van der Waals surface area contributed by atoms with E-state index >= 15 is 0 Å². The Morgan fingerprint density at radius 1 is 1.24 bits per heavy atom. The molecule has 110 valence electrons. The van der Waals surface area contributed by atoms with Gasteiger partial charge in [0.05, 0.1) is 4.34 Å². The minimum absolute atomic E-state index is 0.405. The number of benzene rings is 1. The molecule has 2 rings (SSSR count). The highest BCUT2D eigenvalue weighted by molar-refractivity contribution is 7.16. The van der Waals surface area contributed by atoms with Gasteiger partial charge in [-0.2, -0.15) is 0 Å². The van der Waals surface area contributed by atoms with Crippen molar-refractivity contribution in [2.24, 2.45) is 5.73 Å². The third-order valence-electron chi connectivity index (χ3n) is 3.04. The Hall–Kier alpha value is -1.62. The van der Waals surface area contributed by atoms with Crippen molar-refractivity contribution in [1.82, 2.24) is 4.90 Å². The van der Waals surface area contributed by atoms with Gasteiger partial charge < -0.3 is 5.73 Å². The normalized spacial score (nSPS) is 10.8. The summed E-state index contributed by atoms with van der Waals surface area (Å²) in [5.41, 5.74) is 6.90. The van der Waals surface area contributed by atoms with Gasteiger partial charge >= 0.3 is 0 Å². The second kappa shape index (κ2) is 7.41. The molecule has 0 spiro atoms. The largest absolute Gasteiger partial charge is 0.366 e. The molecule has 1 amide bonds. The van der Waals surface area contributed by atoms with Gasteiger partial charge in [0.25, 0.3) is 0 Å². The van der Waals surface area contributed by atoms with Crippen molar-refractivity contribution in [1.29, 1.82) is 0 Å². The predicted molar refractivity (Wildman–Crippen MR) is 88.6 cm³/mol. The molecule has 0 radical (unpaired) electrons. The Morgan fingerprint density at radius 3 is 2.48 bits per heavy atom. The van der Waals surface area contributed by atoms with Crippen LogP contribution in [-0.4, -0.2) is 17.4 Å². The maximum absolute atomic E-state index is 11.1. The number of nitrogens with zero attached hydrogens (tertiary/aromatic N) is 1. The average molecular weight is 321 g/mol. The number of halogens is 1. The van der Waals surface area contributed by atoms with Gasteiger partial charge in [-0.3, -0.25) is 9.69 Å². The van der Waals surface area contributed by atoms with Crippen LogP contribution in [0.1, 0.15) is 20.8 Å². The summed E-state index contributed by atoms with van der Waals surface area (Å²) in [6.45, 7) is 6.18. The summed E-state index contributed by atoms with van der Waals surface area (Å²) in [5, 5.41) is 0. The molecule has 3 nitrogen and oxygen atoms in total.